The van der Waals surface area contributed by atoms with Gasteiger partial charge in [-0.05, 0) is 25.0 Å². The molecule has 130 valence electrons. The molecule has 2 heterocycles. The molecule has 0 fully saturated rings. The van der Waals surface area contributed by atoms with Crippen molar-refractivity contribution in [3.05, 3.63) is 54.5 Å². The Bertz CT molecular complexity index is 883. The number of allylic oxidation sites excluding steroid dienone is 1. The first-order chi connectivity index (χ1) is 12.2. The maximum atomic E-state index is 12.1. The van der Waals surface area contributed by atoms with E-state index < -0.39 is 0 Å². The van der Waals surface area contributed by atoms with Crippen LogP contribution in [0.4, 0.5) is 0 Å². The van der Waals surface area contributed by atoms with Gasteiger partial charge >= 0.3 is 0 Å². The minimum Gasteiger partial charge on any atom is -0.361 e. The molecule has 2 aromatic heterocycles. The smallest absolute Gasteiger partial charge is 0.230 e. The summed E-state index contributed by atoms with van der Waals surface area (Å²) in [6.45, 7) is 6.88. The van der Waals surface area contributed by atoms with Gasteiger partial charge in [-0.1, -0.05) is 36.0 Å². The van der Waals surface area contributed by atoms with Crippen LogP contribution in [0.2, 0.25) is 0 Å². The summed E-state index contributed by atoms with van der Waals surface area (Å²) in [5, 5.41) is 13.1. The lowest BCUT2D eigenvalue weighted by molar-refractivity contribution is -0.118. The first-order valence-corrected chi connectivity index (χ1v) is 9.13. The summed E-state index contributed by atoms with van der Waals surface area (Å²) in [5.41, 5.74) is 2.33. The highest BCUT2D eigenvalue weighted by molar-refractivity contribution is 7.99. The summed E-state index contributed by atoms with van der Waals surface area (Å²) in [4.78, 5) is 15.3. The van der Waals surface area contributed by atoms with Gasteiger partial charge in [0.2, 0.25) is 5.91 Å². The molecule has 2 N–H and O–H groups in total. The zero-order chi connectivity index (χ0) is 17.6. The number of para-hydroxylation sites is 1. The zero-order valence-electron chi connectivity index (χ0n) is 14.2. The van der Waals surface area contributed by atoms with Crippen molar-refractivity contribution in [1.29, 1.82) is 0 Å². The maximum Gasteiger partial charge on any atom is 0.230 e. The molecule has 0 aliphatic heterocycles. The number of amides is 1. The first-order valence-electron chi connectivity index (χ1n) is 8.14. The van der Waals surface area contributed by atoms with Gasteiger partial charge in [0.25, 0.3) is 0 Å². The number of hydrogen-bond acceptors (Lipinski definition) is 4. The van der Waals surface area contributed by atoms with Gasteiger partial charge in [-0.15, -0.1) is 16.8 Å². The van der Waals surface area contributed by atoms with Crippen molar-refractivity contribution in [2.75, 3.05) is 12.3 Å². The number of H-pyrrole nitrogens is 1. The molecule has 0 saturated carbocycles. The zero-order valence-corrected chi connectivity index (χ0v) is 15.0. The van der Waals surface area contributed by atoms with Gasteiger partial charge in [0.05, 0.1) is 5.75 Å². The molecule has 0 bridgehead atoms. The van der Waals surface area contributed by atoms with Crippen molar-refractivity contribution in [3.63, 3.8) is 0 Å². The number of nitrogens with zero attached hydrogens (tertiary/aromatic N) is 3. The van der Waals surface area contributed by atoms with Crippen LogP contribution >= 0.6 is 11.8 Å². The number of hydrogen-bond donors (Lipinski definition) is 2. The van der Waals surface area contributed by atoms with Crippen LogP contribution in [0.5, 0.6) is 0 Å². The largest absolute Gasteiger partial charge is 0.361 e. The second-order valence-corrected chi connectivity index (χ2v) is 6.62. The minimum atomic E-state index is -0.00403. The molecule has 3 rings (SSSR count). The van der Waals surface area contributed by atoms with Gasteiger partial charge in [-0.25, -0.2) is 0 Å². The van der Waals surface area contributed by atoms with E-state index in [9.17, 15) is 4.79 Å². The molecule has 7 heteroatoms. The van der Waals surface area contributed by atoms with Gasteiger partial charge in [0, 0.05) is 30.2 Å². The third kappa shape index (κ3) is 4.11. The van der Waals surface area contributed by atoms with E-state index in [1.165, 1.54) is 22.7 Å². The minimum absolute atomic E-state index is 0.00403. The van der Waals surface area contributed by atoms with Crippen molar-refractivity contribution in [2.24, 2.45) is 0 Å². The normalized spacial score (nSPS) is 10.9. The van der Waals surface area contributed by atoms with Crippen molar-refractivity contribution in [2.45, 2.75) is 25.0 Å². The molecule has 1 aromatic carbocycles. The fourth-order valence-electron chi connectivity index (χ4n) is 2.66. The van der Waals surface area contributed by atoms with Gasteiger partial charge in [-0.2, -0.15) is 0 Å². The van der Waals surface area contributed by atoms with E-state index in [1.54, 1.807) is 6.08 Å². The maximum absolute atomic E-state index is 12.1. The van der Waals surface area contributed by atoms with Gasteiger partial charge in [-0.3, -0.25) is 4.79 Å². The van der Waals surface area contributed by atoms with Crippen LogP contribution < -0.4 is 5.32 Å². The lowest BCUT2D eigenvalue weighted by Gasteiger charge is -2.06. The fraction of sp³-hybridized carbons (Fsp3) is 0.278. The predicted molar refractivity (Wildman–Crippen MR) is 101 cm³/mol. The van der Waals surface area contributed by atoms with E-state index in [0.717, 1.165) is 22.9 Å². The molecule has 0 saturated heterocycles. The van der Waals surface area contributed by atoms with Crippen LogP contribution in [0.15, 0.2) is 48.3 Å². The van der Waals surface area contributed by atoms with Crippen LogP contribution in [0.25, 0.3) is 10.9 Å². The summed E-state index contributed by atoms with van der Waals surface area (Å²) >= 11 is 1.39. The average molecular weight is 355 g/mol. The Labute approximate surface area is 150 Å². The molecule has 3 aromatic rings. The highest BCUT2D eigenvalue weighted by Gasteiger charge is 2.11. The standard InChI is InChI=1S/C18H21N5OS/c1-3-10-23-13(2)21-22-18(23)25-12-17(24)19-9-8-14-11-20-16-7-5-4-6-15(14)16/h3-7,11,20H,1,8-10,12H2,2H3,(H,19,24). The number of carbonyl (C=O) groups is 1. The van der Waals surface area contributed by atoms with Crippen LogP contribution in [0.3, 0.4) is 0 Å². The fourth-order valence-corrected chi connectivity index (χ4v) is 3.49. The van der Waals surface area contributed by atoms with Gasteiger partial charge in [0.1, 0.15) is 5.82 Å². The van der Waals surface area contributed by atoms with E-state index >= 15 is 0 Å². The average Bonchev–Trinajstić information content (AvgIpc) is 3.18. The summed E-state index contributed by atoms with van der Waals surface area (Å²) in [5.74, 6) is 1.14. The molecule has 0 aliphatic rings. The second kappa shape index (κ2) is 8.02. The number of rotatable bonds is 8. The third-order valence-corrected chi connectivity index (χ3v) is 4.90. The number of aryl methyl sites for hydroxylation is 1. The van der Waals surface area contributed by atoms with Crippen molar-refractivity contribution < 1.29 is 4.79 Å². The Kier molecular flexibility index (Phi) is 5.55. The predicted octanol–water partition coefficient (Wildman–Crippen LogP) is 2.70. The molecule has 0 aliphatic carbocycles. The highest BCUT2D eigenvalue weighted by Crippen LogP contribution is 2.18. The Balaban J connectivity index is 1.48. The molecule has 0 atom stereocenters. The van der Waals surface area contributed by atoms with Crippen LogP contribution in [0, 0.1) is 6.92 Å². The van der Waals surface area contributed by atoms with E-state index in [2.05, 4.69) is 39.2 Å². The topological polar surface area (TPSA) is 75.6 Å². The Morgan fingerprint density at radius 2 is 2.24 bits per heavy atom. The molecule has 1 amide bonds. The number of thioether (sulfide) groups is 1. The monoisotopic (exact) mass is 355 g/mol. The Hall–Kier alpha value is -2.54. The number of benzene rings is 1. The van der Waals surface area contributed by atoms with E-state index in [0.29, 0.717) is 18.8 Å². The molecule has 6 nitrogen and oxygen atoms in total. The van der Waals surface area contributed by atoms with Crippen LogP contribution in [0.1, 0.15) is 11.4 Å². The Morgan fingerprint density at radius 1 is 1.40 bits per heavy atom. The van der Waals surface area contributed by atoms with Gasteiger partial charge in [0.15, 0.2) is 5.16 Å². The number of fused-ring (bicyclic) bond motifs is 1. The lowest BCUT2D eigenvalue weighted by Crippen LogP contribution is -2.27. The molecule has 0 spiro atoms. The number of nitrogens with one attached hydrogen (secondary N) is 2. The van der Waals surface area contributed by atoms with Gasteiger partial charge < -0.3 is 14.9 Å². The molecule has 0 unspecified atom stereocenters. The summed E-state index contributed by atoms with van der Waals surface area (Å²) in [6, 6.07) is 8.17. The summed E-state index contributed by atoms with van der Waals surface area (Å²) < 4.78 is 1.94. The van der Waals surface area contributed by atoms with Crippen molar-refractivity contribution in [1.82, 2.24) is 25.1 Å². The summed E-state index contributed by atoms with van der Waals surface area (Å²) in [6.07, 6.45) is 4.60. The third-order valence-electron chi connectivity index (χ3n) is 3.94. The van der Waals surface area contributed by atoms with E-state index in [1.807, 2.05) is 29.8 Å². The van der Waals surface area contributed by atoms with Crippen LogP contribution in [-0.4, -0.2) is 38.0 Å². The number of aromatic nitrogens is 4. The van der Waals surface area contributed by atoms with Crippen molar-refractivity contribution in [3.8, 4) is 0 Å². The van der Waals surface area contributed by atoms with E-state index in [-0.39, 0.29) is 5.91 Å². The SMILES string of the molecule is C=CCn1c(C)nnc1SCC(=O)NCCc1c[nH]c2ccccc12. The number of carbonyl (C=O) groups excluding carboxylic acids is 1. The number of aromatic amines is 1. The Morgan fingerprint density at radius 3 is 3.08 bits per heavy atom. The second-order valence-electron chi connectivity index (χ2n) is 5.68. The van der Waals surface area contributed by atoms with E-state index in [4.69, 9.17) is 0 Å². The lowest BCUT2D eigenvalue weighted by atomic mass is 10.1. The summed E-state index contributed by atoms with van der Waals surface area (Å²) in [7, 11) is 0. The first kappa shape index (κ1) is 17.3. The van der Waals surface area contributed by atoms with Crippen molar-refractivity contribution >= 4 is 28.6 Å². The molecular weight excluding hydrogens is 334 g/mol. The molecular formula is C18H21N5OS. The quantitative estimate of drug-likeness (QED) is 0.481. The van der Waals surface area contributed by atoms with Crippen LogP contribution in [-0.2, 0) is 17.8 Å². The highest BCUT2D eigenvalue weighted by atomic mass is 32.2. The molecule has 25 heavy (non-hydrogen) atoms. The molecule has 0 radical (unpaired) electrons.